The van der Waals surface area contributed by atoms with E-state index < -0.39 is 0 Å². The molecule has 0 amide bonds. The van der Waals surface area contributed by atoms with Crippen LogP contribution in [0.25, 0.3) is 0 Å². The summed E-state index contributed by atoms with van der Waals surface area (Å²) in [5.74, 6) is 1.55. The molecule has 15 heavy (non-hydrogen) atoms. The maximum Gasteiger partial charge on any atom is 0.144 e. The standard InChI is InChI=1S/C11H7Br2NO/c12-8-1-3-9(4-2-8)15-11-5-6-14-7-10(11)13/h1-7H. The fourth-order valence-electron chi connectivity index (χ4n) is 1.07. The molecule has 0 spiro atoms. The van der Waals surface area contributed by atoms with E-state index >= 15 is 0 Å². The van der Waals surface area contributed by atoms with Crippen LogP contribution in [0.1, 0.15) is 0 Å². The Hall–Kier alpha value is -0.870. The molecule has 0 N–H and O–H groups in total. The van der Waals surface area contributed by atoms with Crippen molar-refractivity contribution in [1.29, 1.82) is 0 Å². The van der Waals surface area contributed by atoms with Crippen molar-refractivity contribution in [3.63, 3.8) is 0 Å². The average molecular weight is 329 g/mol. The second-order valence-electron chi connectivity index (χ2n) is 2.86. The summed E-state index contributed by atoms with van der Waals surface area (Å²) in [6, 6.07) is 9.48. The van der Waals surface area contributed by atoms with Gasteiger partial charge < -0.3 is 4.74 Å². The Morgan fingerprint density at radius 1 is 1.00 bits per heavy atom. The maximum absolute atomic E-state index is 5.66. The Morgan fingerprint density at radius 3 is 2.40 bits per heavy atom. The highest BCUT2D eigenvalue weighted by molar-refractivity contribution is 9.10. The summed E-state index contributed by atoms with van der Waals surface area (Å²) in [4.78, 5) is 3.97. The van der Waals surface area contributed by atoms with Crippen molar-refractivity contribution in [1.82, 2.24) is 4.98 Å². The van der Waals surface area contributed by atoms with Crippen LogP contribution in [0.15, 0.2) is 51.7 Å². The molecule has 1 heterocycles. The minimum atomic E-state index is 0.757. The Labute approximate surface area is 105 Å². The van der Waals surface area contributed by atoms with Crippen LogP contribution in [-0.4, -0.2) is 4.98 Å². The lowest BCUT2D eigenvalue weighted by Crippen LogP contribution is -1.85. The van der Waals surface area contributed by atoms with Crippen LogP contribution in [-0.2, 0) is 0 Å². The fourth-order valence-corrected chi connectivity index (χ4v) is 1.67. The number of hydrogen-bond donors (Lipinski definition) is 0. The van der Waals surface area contributed by atoms with Gasteiger partial charge in [-0.25, -0.2) is 0 Å². The van der Waals surface area contributed by atoms with E-state index in [1.165, 1.54) is 0 Å². The minimum Gasteiger partial charge on any atom is -0.456 e. The number of nitrogens with zero attached hydrogens (tertiary/aromatic N) is 1. The summed E-state index contributed by atoms with van der Waals surface area (Å²) in [5, 5.41) is 0. The summed E-state index contributed by atoms with van der Waals surface area (Å²) in [6.45, 7) is 0. The second kappa shape index (κ2) is 4.77. The van der Waals surface area contributed by atoms with E-state index in [2.05, 4.69) is 36.8 Å². The highest BCUT2D eigenvalue weighted by atomic mass is 79.9. The molecule has 1 aromatic carbocycles. The summed E-state index contributed by atoms with van der Waals surface area (Å²) >= 11 is 6.74. The number of ether oxygens (including phenoxy) is 1. The fraction of sp³-hybridized carbons (Fsp3) is 0. The first-order valence-electron chi connectivity index (χ1n) is 4.28. The Balaban J connectivity index is 2.22. The van der Waals surface area contributed by atoms with Crippen molar-refractivity contribution in [2.24, 2.45) is 0 Å². The third kappa shape index (κ3) is 2.79. The van der Waals surface area contributed by atoms with Gasteiger partial charge in [0.1, 0.15) is 11.5 Å². The lowest BCUT2D eigenvalue weighted by atomic mass is 10.3. The molecule has 2 rings (SSSR count). The molecule has 0 saturated carbocycles. The molecule has 0 fully saturated rings. The monoisotopic (exact) mass is 327 g/mol. The van der Waals surface area contributed by atoms with Crippen LogP contribution in [0.4, 0.5) is 0 Å². The molecule has 1 aromatic heterocycles. The van der Waals surface area contributed by atoms with Crippen LogP contribution in [0, 0.1) is 0 Å². The lowest BCUT2D eigenvalue weighted by molar-refractivity contribution is 0.478. The van der Waals surface area contributed by atoms with Crippen LogP contribution >= 0.6 is 31.9 Å². The van der Waals surface area contributed by atoms with E-state index in [1.54, 1.807) is 12.4 Å². The van der Waals surface area contributed by atoms with E-state index in [-0.39, 0.29) is 0 Å². The summed E-state index contributed by atoms with van der Waals surface area (Å²) in [6.07, 6.45) is 3.40. The van der Waals surface area contributed by atoms with E-state index in [4.69, 9.17) is 4.74 Å². The first-order valence-corrected chi connectivity index (χ1v) is 5.87. The van der Waals surface area contributed by atoms with Crippen molar-refractivity contribution in [3.05, 3.63) is 51.7 Å². The van der Waals surface area contributed by atoms with Crippen molar-refractivity contribution < 1.29 is 4.74 Å². The molecule has 0 saturated heterocycles. The smallest absolute Gasteiger partial charge is 0.144 e. The van der Waals surface area contributed by atoms with Gasteiger partial charge in [0.05, 0.1) is 4.47 Å². The highest BCUT2D eigenvalue weighted by Crippen LogP contribution is 2.28. The number of rotatable bonds is 2. The maximum atomic E-state index is 5.66. The van der Waals surface area contributed by atoms with Gasteiger partial charge in [-0.3, -0.25) is 4.98 Å². The van der Waals surface area contributed by atoms with Crippen LogP contribution in [0.5, 0.6) is 11.5 Å². The van der Waals surface area contributed by atoms with Gasteiger partial charge in [0.15, 0.2) is 0 Å². The molecule has 0 atom stereocenters. The second-order valence-corrected chi connectivity index (χ2v) is 4.63. The Bertz CT molecular complexity index is 456. The molecule has 2 aromatic rings. The first-order chi connectivity index (χ1) is 7.25. The third-order valence-corrected chi connectivity index (χ3v) is 2.90. The van der Waals surface area contributed by atoms with Gasteiger partial charge in [0.2, 0.25) is 0 Å². The zero-order chi connectivity index (χ0) is 10.7. The molecule has 76 valence electrons. The summed E-state index contributed by atoms with van der Waals surface area (Å²) in [5.41, 5.74) is 0. The quantitative estimate of drug-likeness (QED) is 0.815. The van der Waals surface area contributed by atoms with Gasteiger partial charge in [-0.05, 0) is 40.2 Å². The molecular formula is C11H7Br2NO. The van der Waals surface area contributed by atoms with Crippen molar-refractivity contribution in [3.8, 4) is 11.5 Å². The van der Waals surface area contributed by atoms with E-state index in [9.17, 15) is 0 Å². The third-order valence-electron chi connectivity index (χ3n) is 1.78. The number of hydrogen-bond acceptors (Lipinski definition) is 2. The number of pyridine rings is 1. The lowest BCUT2D eigenvalue weighted by Gasteiger charge is -2.06. The van der Waals surface area contributed by atoms with E-state index in [0.29, 0.717) is 0 Å². The van der Waals surface area contributed by atoms with Crippen LogP contribution < -0.4 is 4.74 Å². The van der Waals surface area contributed by atoms with Crippen LogP contribution in [0.3, 0.4) is 0 Å². The Morgan fingerprint density at radius 2 is 1.73 bits per heavy atom. The van der Waals surface area contributed by atoms with Gasteiger partial charge in [0, 0.05) is 22.9 Å². The van der Waals surface area contributed by atoms with E-state index in [1.807, 2.05) is 30.3 Å². The highest BCUT2D eigenvalue weighted by Gasteiger charge is 2.01. The molecule has 4 heteroatoms. The van der Waals surface area contributed by atoms with Crippen molar-refractivity contribution in [2.75, 3.05) is 0 Å². The molecule has 0 aliphatic heterocycles. The number of aromatic nitrogens is 1. The average Bonchev–Trinajstić information content (AvgIpc) is 2.25. The van der Waals surface area contributed by atoms with Crippen molar-refractivity contribution >= 4 is 31.9 Å². The molecular weight excluding hydrogens is 322 g/mol. The van der Waals surface area contributed by atoms with E-state index in [0.717, 1.165) is 20.4 Å². The van der Waals surface area contributed by atoms with Gasteiger partial charge in [-0.1, -0.05) is 15.9 Å². The molecule has 0 unspecified atom stereocenters. The predicted molar refractivity (Wildman–Crippen MR) is 66.2 cm³/mol. The molecule has 2 nitrogen and oxygen atoms in total. The van der Waals surface area contributed by atoms with Crippen molar-refractivity contribution in [2.45, 2.75) is 0 Å². The first kappa shape index (κ1) is 10.6. The Kier molecular flexibility index (Phi) is 3.38. The number of benzene rings is 1. The number of halogens is 2. The molecule has 0 radical (unpaired) electrons. The SMILES string of the molecule is Brc1ccc(Oc2ccncc2Br)cc1. The van der Waals surface area contributed by atoms with Gasteiger partial charge in [0.25, 0.3) is 0 Å². The topological polar surface area (TPSA) is 22.1 Å². The van der Waals surface area contributed by atoms with Gasteiger partial charge in [-0.2, -0.15) is 0 Å². The van der Waals surface area contributed by atoms with Crippen LogP contribution in [0.2, 0.25) is 0 Å². The molecule has 0 aliphatic carbocycles. The summed E-state index contributed by atoms with van der Waals surface area (Å²) in [7, 11) is 0. The normalized spacial score (nSPS) is 10.0. The summed E-state index contributed by atoms with van der Waals surface area (Å²) < 4.78 is 7.53. The zero-order valence-electron chi connectivity index (χ0n) is 7.65. The minimum absolute atomic E-state index is 0.757. The molecule has 0 aliphatic rings. The predicted octanol–water partition coefficient (Wildman–Crippen LogP) is 4.40. The van der Waals surface area contributed by atoms with Gasteiger partial charge >= 0.3 is 0 Å². The van der Waals surface area contributed by atoms with Gasteiger partial charge in [-0.15, -0.1) is 0 Å². The largest absolute Gasteiger partial charge is 0.456 e. The molecule has 0 bridgehead atoms. The zero-order valence-corrected chi connectivity index (χ0v) is 10.8.